The van der Waals surface area contributed by atoms with E-state index in [1.165, 1.54) is 12.1 Å². The second kappa shape index (κ2) is 8.24. The minimum Gasteiger partial charge on any atom is -0.508 e. The largest absolute Gasteiger partial charge is 0.508 e. The van der Waals surface area contributed by atoms with Gasteiger partial charge in [0.25, 0.3) is 0 Å². The van der Waals surface area contributed by atoms with Crippen LogP contribution in [0.4, 0.5) is 0 Å². The second-order valence-electron chi connectivity index (χ2n) is 5.55. The minimum absolute atomic E-state index is 0.157. The molecule has 0 aliphatic carbocycles. The van der Waals surface area contributed by atoms with E-state index in [4.69, 9.17) is 16.2 Å². The Balaban J connectivity index is 1.91. The molecule has 6 nitrogen and oxygen atoms in total. The predicted molar refractivity (Wildman–Crippen MR) is 89.6 cm³/mol. The van der Waals surface area contributed by atoms with Crippen molar-refractivity contribution in [2.45, 2.75) is 24.9 Å². The van der Waals surface area contributed by atoms with Crippen molar-refractivity contribution in [3.8, 4) is 11.5 Å². The summed E-state index contributed by atoms with van der Waals surface area (Å²) in [7, 11) is 0. The van der Waals surface area contributed by atoms with E-state index in [-0.39, 0.29) is 5.75 Å². The van der Waals surface area contributed by atoms with Crippen LogP contribution in [0.2, 0.25) is 0 Å². The molecule has 0 aliphatic rings. The van der Waals surface area contributed by atoms with Crippen molar-refractivity contribution in [2.75, 3.05) is 0 Å². The van der Waals surface area contributed by atoms with Gasteiger partial charge in [0.15, 0.2) is 0 Å². The summed E-state index contributed by atoms with van der Waals surface area (Å²) < 4.78 is 5.24. The zero-order valence-corrected chi connectivity index (χ0v) is 13.1. The summed E-state index contributed by atoms with van der Waals surface area (Å²) in [5.74, 6) is -0.00529. The first-order valence-electron chi connectivity index (χ1n) is 7.53. The molecular weight excluding hydrogens is 308 g/mol. The van der Waals surface area contributed by atoms with Crippen molar-refractivity contribution in [2.24, 2.45) is 11.5 Å². The first-order valence-corrected chi connectivity index (χ1v) is 7.53. The van der Waals surface area contributed by atoms with Crippen LogP contribution in [0.25, 0.3) is 0 Å². The van der Waals surface area contributed by atoms with Crippen molar-refractivity contribution in [3.63, 3.8) is 0 Å². The molecule has 0 aromatic heterocycles. The highest BCUT2D eigenvalue weighted by atomic mass is 16.5. The maximum atomic E-state index is 12.0. The number of hydrogen-bond donors (Lipinski definition) is 3. The summed E-state index contributed by atoms with van der Waals surface area (Å²) >= 11 is 0. The standard InChI is InChI=1S/C18H20N2O4/c19-14(11-21)9-12-3-7-16(8-4-12)24-18(23)17(20)10-13-1-5-15(22)6-2-13/h1-8,11,14,17,22H,9-10,19-20H2/t14-,17-/m0/s1. The van der Waals surface area contributed by atoms with Crippen LogP contribution in [0.5, 0.6) is 11.5 Å². The van der Waals surface area contributed by atoms with E-state index in [1.54, 1.807) is 36.4 Å². The average molecular weight is 328 g/mol. The van der Waals surface area contributed by atoms with Gasteiger partial charge in [0.1, 0.15) is 23.8 Å². The van der Waals surface area contributed by atoms with Crippen molar-refractivity contribution in [3.05, 3.63) is 59.7 Å². The van der Waals surface area contributed by atoms with Crippen LogP contribution < -0.4 is 16.2 Å². The predicted octanol–water partition coefficient (Wildman–Crippen LogP) is 0.936. The number of aromatic hydroxyl groups is 1. The molecule has 0 saturated carbocycles. The summed E-state index contributed by atoms with van der Waals surface area (Å²) in [6.45, 7) is 0. The van der Waals surface area contributed by atoms with Gasteiger partial charge in [-0.25, -0.2) is 4.79 Å². The third-order valence-electron chi connectivity index (χ3n) is 3.48. The smallest absolute Gasteiger partial charge is 0.328 e. The van der Waals surface area contributed by atoms with Gasteiger partial charge in [0.05, 0.1) is 6.04 Å². The molecule has 0 radical (unpaired) electrons. The van der Waals surface area contributed by atoms with Crippen LogP contribution in [-0.4, -0.2) is 29.4 Å². The Hall–Kier alpha value is -2.70. The zero-order valence-electron chi connectivity index (χ0n) is 13.1. The number of esters is 1. The molecule has 0 fully saturated rings. The Labute approximate surface area is 140 Å². The van der Waals surface area contributed by atoms with Gasteiger partial charge in [0, 0.05) is 0 Å². The SMILES string of the molecule is N[C@H](C=O)Cc1ccc(OC(=O)[C@@H](N)Cc2ccc(O)cc2)cc1. The van der Waals surface area contributed by atoms with Gasteiger partial charge >= 0.3 is 5.97 Å². The first kappa shape index (κ1) is 17.7. The van der Waals surface area contributed by atoms with E-state index in [1.807, 2.05) is 0 Å². The summed E-state index contributed by atoms with van der Waals surface area (Å²) in [6.07, 6.45) is 1.43. The number of phenols is 1. The summed E-state index contributed by atoms with van der Waals surface area (Å²) in [6, 6.07) is 11.9. The number of ether oxygens (including phenoxy) is 1. The van der Waals surface area contributed by atoms with Gasteiger partial charge in [-0.3, -0.25) is 0 Å². The molecule has 0 aliphatic heterocycles. The quantitative estimate of drug-likeness (QED) is 0.396. The molecule has 0 heterocycles. The summed E-state index contributed by atoms with van der Waals surface area (Å²) in [4.78, 5) is 22.6. The Morgan fingerprint density at radius 3 is 2.12 bits per heavy atom. The number of carbonyl (C=O) groups is 2. The molecule has 0 spiro atoms. The van der Waals surface area contributed by atoms with E-state index >= 15 is 0 Å². The highest BCUT2D eigenvalue weighted by Crippen LogP contribution is 2.15. The molecule has 6 heteroatoms. The lowest BCUT2D eigenvalue weighted by molar-refractivity contribution is -0.135. The van der Waals surface area contributed by atoms with E-state index in [0.29, 0.717) is 24.9 Å². The van der Waals surface area contributed by atoms with E-state index in [0.717, 1.165) is 11.1 Å². The molecule has 0 bridgehead atoms. The monoisotopic (exact) mass is 328 g/mol. The van der Waals surface area contributed by atoms with Crippen LogP contribution in [0.1, 0.15) is 11.1 Å². The third kappa shape index (κ3) is 5.19. The van der Waals surface area contributed by atoms with Crippen LogP contribution in [0.3, 0.4) is 0 Å². The van der Waals surface area contributed by atoms with Crippen molar-refractivity contribution in [1.82, 2.24) is 0 Å². The van der Waals surface area contributed by atoms with E-state index in [9.17, 15) is 14.7 Å². The minimum atomic E-state index is -0.808. The normalized spacial score (nSPS) is 13.1. The number of carbonyl (C=O) groups excluding carboxylic acids is 2. The number of phenolic OH excluding ortho intramolecular Hbond substituents is 1. The maximum absolute atomic E-state index is 12.0. The Kier molecular flexibility index (Phi) is 6.06. The second-order valence-corrected chi connectivity index (χ2v) is 5.55. The lowest BCUT2D eigenvalue weighted by atomic mass is 10.1. The molecule has 126 valence electrons. The molecule has 0 unspecified atom stereocenters. The van der Waals surface area contributed by atoms with Gasteiger partial charge in [-0.1, -0.05) is 24.3 Å². The molecule has 0 amide bonds. The van der Waals surface area contributed by atoms with E-state index < -0.39 is 18.1 Å². The highest BCUT2D eigenvalue weighted by molar-refractivity contribution is 5.78. The molecular formula is C18H20N2O4. The fraction of sp³-hybridized carbons (Fsp3) is 0.222. The van der Waals surface area contributed by atoms with Crippen LogP contribution in [-0.2, 0) is 22.4 Å². The average Bonchev–Trinajstić information content (AvgIpc) is 2.58. The van der Waals surface area contributed by atoms with Crippen LogP contribution in [0, 0.1) is 0 Å². The van der Waals surface area contributed by atoms with Crippen molar-refractivity contribution < 1.29 is 19.4 Å². The molecule has 0 saturated heterocycles. The maximum Gasteiger partial charge on any atom is 0.328 e. The van der Waals surface area contributed by atoms with Crippen LogP contribution in [0.15, 0.2) is 48.5 Å². The molecule has 2 atom stereocenters. The summed E-state index contributed by atoms with van der Waals surface area (Å²) in [5, 5.41) is 9.24. The van der Waals surface area contributed by atoms with Crippen molar-refractivity contribution in [1.29, 1.82) is 0 Å². The fourth-order valence-corrected chi connectivity index (χ4v) is 2.17. The molecule has 5 N–H and O–H groups in total. The number of hydrogen-bond acceptors (Lipinski definition) is 6. The lowest BCUT2D eigenvalue weighted by Crippen LogP contribution is -2.36. The number of aldehydes is 1. The topological polar surface area (TPSA) is 116 Å². The molecule has 24 heavy (non-hydrogen) atoms. The van der Waals surface area contributed by atoms with E-state index in [2.05, 4.69) is 0 Å². The van der Waals surface area contributed by atoms with Gasteiger partial charge in [0.2, 0.25) is 0 Å². The Morgan fingerprint density at radius 2 is 1.54 bits per heavy atom. The third-order valence-corrected chi connectivity index (χ3v) is 3.48. The molecule has 2 aromatic carbocycles. The number of nitrogens with two attached hydrogens (primary N) is 2. The number of rotatable bonds is 7. The Morgan fingerprint density at radius 1 is 1.00 bits per heavy atom. The fourth-order valence-electron chi connectivity index (χ4n) is 2.17. The van der Waals surface area contributed by atoms with Gasteiger partial charge in [-0.05, 0) is 48.2 Å². The van der Waals surface area contributed by atoms with Gasteiger partial charge < -0.3 is 26.1 Å². The number of benzene rings is 2. The summed E-state index contributed by atoms with van der Waals surface area (Å²) in [5.41, 5.74) is 13.1. The first-order chi connectivity index (χ1) is 11.5. The van der Waals surface area contributed by atoms with Gasteiger partial charge in [-0.15, -0.1) is 0 Å². The zero-order chi connectivity index (χ0) is 17.5. The highest BCUT2D eigenvalue weighted by Gasteiger charge is 2.16. The van der Waals surface area contributed by atoms with Crippen LogP contribution >= 0.6 is 0 Å². The Bertz CT molecular complexity index is 683. The molecule has 2 aromatic rings. The lowest BCUT2D eigenvalue weighted by Gasteiger charge is -2.12. The molecule has 2 rings (SSSR count). The van der Waals surface area contributed by atoms with Gasteiger partial charge in [-0.2, -0.15) is 0 Å². The van der Waals surface area contributed by atoms with Crippen molar-refractivity contribution >= 4 is 12.3 Å².